The Morgan fingerprint density at radius 1 is 0.828 bits per heavy atom. The molecule has 7 heteroatoms. The van der Waals surface area contributed by atoms with Gasteiger partial charge in [0.15, 0.2) is 0 Å². The molecule has 0 atom stereocenters. The Labute approximate surface area is 166 Å². The fourth-order valence-electron chi connectivity index (χ4n) is 3.11. The summed E-state index contributed by atoms with van der Waals surface area (Å²) in [6, 6.07) is 19.5. The van der Waals surface area contributed by atoms with Crippen molar-refractivity contribution in [2.45, 2.75) is 6.54 Å². The van der Waals surface area contributed by atoms with Crippen LogP contribution in [0, 0.1) is 0 Å². The van der Waals surface area contributed by atoms with E-state index in [9.17, 15) is 19.5 Å². The summed E-state index contributed by atoms with van der Waals surface area (Å²) < 4.78 is 0. The van der Waals surface area contributed by atoms with Gasteiger partial charge >= 0.3 is 6.03 Å². The molecular weight excluding hydrogens is 370 g/mol. The molecule has 3 N–H and O–H groups in total. The second-order valence-corrected chi connectivity index (χ2v) is 6.48. The molecule has 4 rings (SSSR count). The standard InChI is InChI=1S/C22H17N3O4/c26-19-8-4-3-7-18(19)24-22(29)23-13-14-9-11-15(12-10-14)25-20(27)16-5-1-2-6-17(16)21(25)28/h1-12,26H,13H2,(H2,23,24,29). The first-order chi connectivity index (χ1) is 14.0. The number of nitrogens with one attached hydrogen (secondary N) is 2. The lowest BCUT2D eigenvalue weighted by Crippen LogP contribution is -2.29. The third-order valence-corrected chi connectivity index (χ3v) is 4.59. The van der Waals surface area contributed by atoms with Crippen molar-refractivity contribution in [3.05, 3.63) is 89.5 Å². The molecule has 1 aliphatic rings. The van der Waals surface area contributed by atoms with Crippen molar-refractivity contribution >= 4 is 29.2 Å². The minimum Gasteiger partial charge on any atom is -0.506 e. The molecule has 1 aliphatic heterocycles. The first kappa shape index (κ1) is 18.2. The zero-order valence-electron chi connectivity index (χ0n) is 15.3. The van der Waals surface area contributed by atoms with Gasteiger partial charge in [-0.3, -0.25) is 9.59 Å². The smallest absolute Gasteiger partial charge is 0.319 e. The highest BCUT2D eigenvalue weighted by molar-refractivity contribution is 6.34. The third-order valence-electron chi connectivity index (χ3n) is 4.59. The van der Waals surface area contributed by atoms with Crippen LogP contribution in [-0.2, 0) is 6.54 Å². The van der Waals surface area contributed by atoms with Crippen LogP contribution in [0.3, 0.4) is 0 Å². The van der Waals surface area contributed by atoms with Gasteiger partial charge in [-0.05, 0) is 42.0 Å². The number of rotatable bonds is 4. The van der Waals surface area contributed by atoms with E-state index in [1.807, 2.05) is 0 Å². The van der Waals surface area contributed by atoms with Crippen LogP contribution in [0.5, 0.6) is 5.75 Å². The van der Waals surface area contributed by atoms with Gasteiger partial charge in [-0.25, -0.2) is 9.69 Å². The zero-order valence-corrected chi connectivity index (χ0v) is 15.3. The number of fused-ring (bicyclic) bond motifs is 1. The van der Waals surface area contributed by atoms with Crippen LogP contribution in [0.25, 0.3) is 0 Å². The van der Waals surface area contributed by atoms with Gasteiger partial charge in [0.05, 0.1) is 22.5 Å². The first-order valence-electron chi connectivity index (χ1n) is 8.94. The number of carbonyl (C=O) groups excluding carboxylic acids is 3. The number of hydrogen-bond donors (Lipinski definition) is 3. The van der Waals surface area contributed by atoms with E-state index in [-0.39, 0.29) is 24.1 Å². The van der Waals surface area contributed by atoms with E-state index in [2.05, 4.69) is 10.6 Å². The van der Waals surface area contributed by atoms with Crippen LogP contribution in [0.15, 0.2) is 72.8 Å². The quantitative estimate of drug-likeness (QED) is 0.471. The average Bonchev–Trinajstić information content (AvgIpc) is 2.99. The number of phenolic OH excluding ortho intramolecular Hbond substituents is 1. The number of carbonyl (C=O) groups is 3. The number of hydrogen-bond acceptors (Lipinski definition) is 4. The van der Waals surface area contributed by atoms with Crippen molar-refractivity contribution in [1.29, 1.82) is 0 Å². The molecule has 0 saturated heterocycles. The minimum atomic E-state index is -0.462. The Morgan fingerprint density at radius 2 is 1.41 bits per heavy atom. The fraction of sp³-hybridized carbons (Fsp3) is 0.0455. The highest BCUT2D eigenvalue weighted by atomic mass is 16.3. The van der Waals surface area contributed by atoms with E-state index in [1.165, 1.54) is 6.07 Å². The Balaban J connectivity index is 1.40. The first-order valence-corrected chi connectivity index (χ1v) is 8.94. The van der Waals surface area contributed by atoms with E-state index in [0.29, 0.717) is 22.5 Å². The fourth-order valence-corrected chi connectivity index (χ4v) is 3.11. The Hall–Kier alpha value is -4.13. The summed E-state index contributed by atoms with van der Waals surface area (Å²) >= 11 is 0. The van der Waals surface area contributed by atoms with E-state index < -0.39 is 6.03 Å². The van der Waals surface area contributed by atoms with Crippen molar-refractivity contribution in [3.63, 3.8) is 0 Å². The molecule has 29 heavy (non-hydrogen) atoms. The van der Waals surface area contributed by atoms with Crippen molar-refractivity contribution in [2.24, 2.45) is 0 Å². The van der Waals surface area contributed by atoms with Gasteiger partial charge in [-0.15, -0.1) is 0 Å². The van der Waals surface area contributed by atoms with Gasteiger partial charge in [0.2, 0.25) is 0 Å². The van der Waals surface area contributed by atoms with E-state index in [1.54, 1.807) is 66.7 Å². The largest absolute Gasteiger partial charge is 0.506 e. The highest BCUT2D eigenvalue weighted by Crippen LogP contribution is 2.28. The van der Waals surface area contributed by atoms with Gasteiger partial charge < -0.3 is 15.7 Å². The van der Waals surface area contributed by atoms with Gasteiger partial charge in [0.1, 0.15) is 5.75 Å². The number of para-hydroxylation sites is 2. The Morgan fingerprint density at radius 3 is 2.03 bits per heavy atom. The Bertz CT molecular complexity index is 1070. The molecule has 0 aromatic heterocycles. The van der Waals surface area contributed by atoms with Crippen LogP contribution < -0.4 is 15.5 Å². The van der Waals surface area contributed by atoms with Crippen LogP contribution in [-0.4, -0.2) is 23.0 Å². The number of amides is 4. The maximum Gasteiger partial charge on any atom is 0.319 e. The van der Waals surface area contributed by atoms with Crippen molar-refractivity contribution in [1.82, 2.24) is 5.32 Å². The third kappa shape index (κ3) is 3.53. The van der Waals surface area contributed by atoms with E-state index >= 15 is 0 Å². The van der Waals surface area contributed by atoms with E-state index in [0.717, 1.165) is 10.5 Å². The summed E-state index contributed by atoms with van der Waals surface area (Å²) in [5.41, 5.74) is 2.36. The number of benzene rings is 3. The molecule has 3 aromatic rings. The summed E-state index contributed by atoms with van der Waals surface area (Å²) in [5.74, 6) is -0.718. The second-order valence-electron chi connectivity index (χ2n) is 6.48. The molecule has 3 aromatic carbocycles. The predicted molar refractivity (Wildman–Crippen MR) is 108 cm³/mol. The summed E-state index contributed by atoms with van der Waals surface area (Å²) in [6.07, 6.45) is 0. The maximum atomic E-state index is 12.5. The molecule has 4 amide bonds. The van der Waals surface area contributed by atoms with Crippen LogP contribution in [0.1, 0.15) is 26.3 Å². The molecule has 0 radical (unpaired) electrons. The number of urea groups is 1. The Kier molecular flexibility index (Phi) is 4.70. The minimum absolute atomic E-state index is 0.0204. The molecular formula is C22H17N3O4. The molecule has 0 bridgehead atoms. The lowest BCUT2D eigenvalue weighted by molar-refractivity contribution is 0.0926. The van der Waals surface area contributed by atoms with Crippen molar-refractivity contribution < 1.29 is 19.5 Å². The summed E-state index contributed by atoms with van der Waals surface area (Å²) in [7, 11) is 0. The summed E-state index contributed by atoms with van der Waals surface area (Å²) in [4.78, 5) is 38.2. The van der Waals surface area contributed by atoms with Crippen molar-refractivity contribution in [3.8, 4) is 5.75 Å². The van der Waals surface area contributed by atoms with Crippen LogP contribution in [0.2, 0.25) is 0 Å². The number of imide groups is 1. The number of anilines is 2. The van der Waals surface area contributed by atoms with Gasteiger partial charge in [-0.1, -0.05) is 36.4 Å². The predicted octanol–water partition coefficient (Wildman–Crippen LogP) is 3.51. The maximum absolute atomic E-state index is 12.5. The van der Waals surface area contributed by atoms with Gasteiger partial charge in [0.25, 0.3) is 11.8 Å². The number of phenols is 1. The number of nitrogens with zero attached hydrogens (tertiary/aromatic N) is 1. The van der Waals surface area contributed by atoms with Gasteiger partial charge in [0, 0.05) is 6.54 Å². The molecule has 0 unspecified atom stereocenters. The molecule has 0 aliphatic carbocycles. The monoisotopic (exact) mass is 387 g/mol. The molecule has 0 saturated carbocycles. The zero-order chi connectivity index (χ0) is 20.4. The molecule has 0 spiro atoms. The topological polar surface area (TPSA) is 98.7 Å². The van der Waals surface area contributed by atoms with Crippen molar-refractivity contribution in [2.75, 3.05) is 10.2 Å². The lowest BCUT2D eigenvalue weighted by Gasteiger charge is -2.14. The summed E-state index contributed by atoms with van der Waals surface area (Å²) in [5, 5.41) is 14.9. The molecule has 144 valence electrons. The molecule has 7 nitrogen and oxygen atoms in total. The molecule has 0 fully saturated rings. The van der Waals surface area contributed by atoms with Crippen LogP contribution in [0.4, 0.5) is 16.2 Å². The lowest BCUT2D eigenvalue weighted by atomic mass is 10.1. The highest BCUT2D eigenvalue weighted by Gasteiger charge is 2.36. The van der Waals surface area contributed by atoms with E-state index in [4.69, 9.17) is 0 Å². The normalized spacial score (nSPS) is 12.6. The van der Waals surface area contributed by atoms with Gasteiger partial charge in [-0.2, -0.15) is 0 Å². The summed E-state index contributed by atoms with van der Waals surface area (Å²) in [6.45, 7) is 0.238. The SMILES string of the molecule is O=C(NCc1ccc(N2C(=O)c3ccccc3C2=O)cc1)Nc1ccccc1O. The molecule has 1 heterocycles. The average molecular weight is 387 g/mol. The number of aromatic hydroxyl groups is 1. The van der Waals surface area contributed by atoms with Crippen LogP contribution >= 0.6 is 0 Å². The second kappa shape index (κ2) is 7.47.